The zero-order chi connectivity index (χ0) is 25.4. The average Bonchev–Trinajstić information content (AvgIpc) is 3.30. The monoisotopic (exact) mass is 491 g/mol. The summed E-state index contributed by atoms with van der Waals surface area (Å²) in [6.45, 7) is 2.44. The highest BCUT2D eigenvalue weighted by Crippen LogP contribution is 2.31. The number of aliphatic hydroxyl groups excluding tert-OH is 1. The van der Waals surface area contributed by atoms with Gasteiger partial charge in [0.05, 0.1) is 24.0 Å². The van der Waals surface area contributed by atoms with Crippen molar-refractivity contribution in [1.29, 1.82) is 0 Å². The van der Waals surface area contributed by atoms with Crippen LogP contribution in [-0.2, 0) is 6.54 Å². The Balaban J connectivity index is 1.43. The first-order chi connectivity index (χ1) is 17.3. The molecule has 36 heavy (non-hydrogen) atoms. The van der Waals surface area contributed by atoms with Gasteiger partial charge in [0.1, 0.15) is 23.1 Å². The molecule has 0 fully saturated rings. The molecule has 0 radical (unpaired) electrons. The zero-order valence-corrected chi connectivity index (χ0v) is 19.3. The first-order valence-electron chi connectivity index (χ1n) is 11.3. The molecule has 0 spiro atoms. The van der Waals surface area contributed by atoms with Crippen LogP contribution in [0, 0.1) is 18.6 Å². The molecule has 2 aromatic heterocycles. The SMILES string of the molecule is Cc1cnc(Nc2ccc(F)cc2O)nc1-c1cc2n(c1)CCN(C(CO)c1ccc(F)cc1)C2=O. The number of nitrogens with one attached hydrogen (secondary N) is 1. The van der Waals surface area contributed by atoms with Crippen LogP contribution >= 0.6 is 0 Å². The summed E-state index contributed by atoms with van der Waals surface area (Å²) < 4.78 is 28.5. The first kappa shape index (κ1) is 23.4. The highest BCUT2D eigenvalue weighted by Gasteiger charge is 2.31. The third kappa shape index (κ3) is 4.38. The van der Waals surface area contributed by atoms with E-state index in [-0.39, 0.29) is 35.7 Å². The Labute approximate surface area is 205 Å². The van der Waals surface area contributed by atoms with Gasteiger partial charge in [0, 0.05) is 37.1 Å². The fraction of sp³-hybridized carbons (Fsp3) is 0.192. The van der Waals surface area contributed by atoms with Gasteiger partial charge in [-0.15, -0.1) is 0 Å². The first-order valence-corrected chi connectivity index (χ1v) is 11.3. The van der Waals surface area contributed by atoms with E-state index in [9.17, 15) is 23.8 Å². The second kappa shape index (κ2) is 9.38. The van der Waals surface area contributed by atoms with E-state index in [1.54, 1.807) is 29.3 Å². The lowest BCUT2D eigenvalue weighted by Crippen LogP contribution is -2.43. The van der Waals surface area contributed by atoms with E-state index in [4.69, 9.17) is 0 Å². The number of carbonyl (C=O) groups excluding carboxylic acids is 1. The number of nitrogens with zero attached hydrogens (tertiary/aromatic N) is 4. The molecule has 184 valence electrons. The normalized spacial score (nSPS) is 14.0. The van der Waals surface area contributed by atoms with Crippen LogP contribution in [0.4, 0.5) is 20.4 Å². The Bertz CT molecular complexity index is 1440. The van der Waals surface area contributed by atoms with E-state index in [2.05, 4.69) is 15.3 Å². The van der Waals surface area contributed by atoms with Gasteiger partial charge in [-0.1, -0.05) is 12.1 Å². The molecule has 0 aliphatic carbocycles. The quantitative estimate of drug-likeness (QED) is 0.350. The molecule has 1 aliphatic rings. The van der Waals surface area contributed by atoms with E-state index >= 15 is 0 Å². The molecule has 1 aliphatic heterocycles. The fourth-order valence-electron chi connectivity index (χ4n) is 4.36. The van der Waals surface area contributed by atoms with Crippen molar-refractivity contribution in [2.24, 2.45) is 0 Å². The van der Waals surface area contributed by atoms with Gasteiger partial charge in [0.15, 0.2) is 0 Å². The number of aliphatic hydroxyl groups is 1. The van der Waals surface area contributed by atoms with Gasteiger partial charge in [0.25, 0.3) is 5.91 Å². The molecule has 2 aromatic carbocycles. The largest absolute Gasteiger partial charge is 0.506 e. The molecule has 1 atom stereocenters. The van der Waals surface area contributed by atoms with Crippen LogP contribution in [-0.4, -0.2) is 48.7 Å². The lowest BCUT2D eigenvalue weighted by Gasteiger charge is -2.34. The van der Waals surface area contributed by atoms with Crippen molar-refractivity contribution in [2.75, 3.05) is 18.5 Å². The van der Waals surface area contributed by atoms with E-state index in [0.717, 1.165) is 11.6 Å². The number of hydrogen-bond donors (Lipinski definition) is 3. The molecule has 4 aromatic rings. The Hall–Kier alpha value is -4.31. The van der Waals surface area contributed by atoms with Gasteiger partial charge in [-0.05, 0) is 48.4 Å². The van der Waals surface area contributed by atoms with Gasteiger partial charge < -0.3 is 25.0 Å². The van der Waals surface area contributed by atoms with Crippen LogP contribution in [0.15, 0.2) is 60.9 Å². The molecule has 8 nitrogen and oxygen atoms in total. The third-order valence-corrected chi connectivity index (χ3v) is 6.21. The van der Waals surface area contributed by atoms with Crippen molar-refractivity contribution in [3.8, 4) is 17.0 Å². The van der Waals surface area contributed by atoms with Gasteiger partial charge in [0.2, 0.25) is 5.95 Å². The van der Waals surface area contributed by atoms with Crippen LogP contribution in [0.3, 0.4) is 0 Å². The number of phenolic OH excluding ortho intramolecular Hbond substituents is 1. The summed E-state index contributed by atoms with van der Waals surface area (Å²) in [5.41, 5.74) is 3.42. The Morgan fingerprint density at radius 3 is 2.56 bits per heavy atom. The van der Waals surface area contributed by atoms with Crippen LogP contribution in [0.1, 0.15) is 27.7 Å². The number of halogens is 2. The van der Waals surface area contributed by atoms with Crippen molar-refractivity contribution in [1.82, 2.24) is 19.4 Å². The smallest absolute Gasteiger partial charge is 0.271 e. The number of benzene rings is 2. The molecule has 3 heterocycles. The molecule has 1 amide bonds. The van der Waals surface area contributed by atoms with Crippen LogP contribution in [0.5, 0.6) is 5.75 Å². The van der Waals surface area contributed by atoms with E-state index in [1.165, 1.54) is 24.3 Å². The number of amides is 1. The van der Waals surface area contributed by atoms with Crippen molar-refractivity contribution in [3.05, 3.63) is 89.4 Å². The maximum atomic E-state index is 13.4. The number of rotatable bonds is 6. The average molecular weight is 491 g/mol. The molecular weight excluding hydrogens is 468 g/mol. The lowest BCUT2D eigenvalue weighted by molar-refractivity contribution is 0.0526. The van der Waals surface area contributed by atoms with Crippen molar-refractivity contribution >= 4 is 17.5 Å². The molecule has 5 rings (SSSR count). The maximum absolute atomic E-state index is 13.4. The van der Waals surface area contributed by atoms with Gasteiger partial charge in [-0.2, -0.15) is 0 Å². The van der Waals surface area contributed by atoms with Crippen LogP contribution in [0.25, 0.3) is 11.3 Å². The second-order valence-electron chi connectivity index (χ2n) is 8.57. The minimum Gasteiger partial charge on any atom is -0.506 e. The molecule has 0 bridgehead atoms. The number of carbonyl (C=O) groups is 1. The predicted octanol–water partition coefficient (Wildman–Crippen LogP) is 4.17. The lowest BCUT2D eigenvalue weighted by atomic mass is 10.0. The van der Waals surface area contributed by atoms with Crippen molar-refractivity contribution < 1.29 is 23.8 Å². The van der Waals surface area contributed by atoms with Crippen LogP contribution < -0.4 is 5.32 Å². The predicted molar refractivity (Wildman–Crippen MR) is 129 cm³/mol. The number of fused-ring (bicyclic) bond motifs is 1. The zero-order valence-electron chi connectivity index (χ0n) is 19.3. The topological polar surface area (TPSA) is 104 Å². The second-order valence-corrected chi connectivity index (χ2v) is 8.57. The van der Waals surface area contributed by atoms with Gasteiger partial charge in [-0.3, -0.25) is 4.79 Å². The maximum Gasteiger partial charge on any atom is 0.271 e. The summed E-state index contributed by atoms with van der Waals surface area (Å²) in [5.74, 6) is -1.28. The number of aromatic nitrogens is 3. The highest BCUT2D eigenvalue weighted by molar-refractivity contribution is 5.95. The van der Waals surface area contributed by atoms with Gasteiger partial charge in [-0.25, -0.2) is 18.7 Å². The number of phenols is 1. The summed E-state index contributed by atoms with van der Waals surface area (Å²) >= 11 is 0. The molecule has 3 N–H and O–H groups in total. The summed E-state index contributed by atoms with van der Waals surface area (Å²) in [5, 5.41) is 22.9. The summed E-state index contributed by atoms with van der Waals surface area (Å²) in [6, 6.07) is 10.5. The highest BCUT2D eigenvalue weighted by atomic mass is 19.1. The fourth-order valence-corrected chi connectivity index (χ4v) is 4.36. The minimum atomic E-state index is -0.592. The minimum absolute atomic E-state index is 0.200. The van der Waals surface area contributed by atoms with E-state index in [0.29, 0.717) is 35.6 Å². The van der Waals surface area contributed by atoms with E-state index in [1.807, 2.05) is 17.7 Å². The van der Waals surface area contributed by atoms with Gasteiger partial charge >= 0.3 is 0 Å². The Morgan fingerprint density at radius 2 is 1.83 bits per heavy atom. The van der Waals surface area contributed by atoms with Crippen molar-refractivity contribution in [2.45, 2.75) is 19.5 Å². The number of anilines is 2. The molecule has 0 saturated carbocycles. The number of aryl methyl sites for hydroxylation is 1. The number of aromatic hydroxyl groups is 1. The molecule has 10 heteroatoms. The molecule has 0 saturated heterocycles. The number of hydrogen-bond acceptors (Lipinski definition) is 6. The summed E-state index contributed by atoms with van der Waals surface area (Å²) in [4.78, 5) is 23.8. The van der Waals surface area contributed by atoms with E-state index < -0.39 is 11.9 Å². The summed E-state index contributed by atoms with van der Waals surface area (Å²) in [6.07, 6.45) is 3.46. The summed E-state index contributed by atoms with van der Waals surface area (Å²) in [7, 11) is 0. The standard InChI is InChI=1S/C26H23F2N5O3/c1-15-12-29-26(30-20-7-6-19(28)11-23(20)35)31-24(15)17-10-21-25(36)33(9-8-32(21)13-17)22(14-34)16-2-4-18(27)5-3-16/h2-7,10-13,22,34-35H,8-9,14H2,1H3,(H,29,30,31). The Kier molecular flexibility index (Phi) is 6.11. The van der Waals surface area contributed by atoms with Crippen molar-refractivity contribution in [3.63, 3.8) is 0 Å². The van der Waals surface area contributed by atoms with Crippen LogP contribution in [0.2, 0.25) is 0 Å². The molecular formula is C26H23F2N5O3. The Morgan fingerprint density at radius 1 is 1.08 bits per heavy atom. The molecule has 1 unspecified atom stereocenters. The third-order valence-electron chi connectivity index (χ3n) is 6.21.